The Labute approximate surface area is 137 Å². The molecular formula is C17H27N3OS. The van der Waals surface area contributed by atoms with Crippen molar-refractivity contribution in [1.29, 1.82) is 0 Å². The Morgan fingerprint density at radius 1 is 1.18 bits per heavy atom. The van der Waals surface area contributed by atoms with Crippen molar-refractivity contribution in [3.8, 4) is 0 Å². The number of rotatable bonds is 4. The van der Waals surface area contributed by atoms with Gasteiger partial charge in [-0.3, -0.25) is 4.79 Å². The van der Waals surface area contributed by atoms with Crippen LogP contribution >= 0.6 is 11.8 Å². The molecule has 0 bridgehead atoms. The molecule has 1 N–H and O–H groups in total. The van der Waals surface area contributed by atoms with E-state index in [1.54, 1.807) is 0 Å². The van der Waals surface area contributed by atoms with E-state index in [1.165, 1.54) is 31.0 Å². The lowest BCUT2D eigenvalue weighted by atomic mass is 9.86. The van der Waals surface area contributed by atoms with Crippen LogP contribution in [0.5, 0.6) is 0 Å². The topological polar surface area (TPSA) is 54.9 Å². The Bertz CT molecular complexity index is 524. The summed E-state index contributed by atoms with van der Waals surface area (Å²) < 4.78 is 0. The third kappa shape index (κ3) is 4.22. The fourth-order valence-corrected chi connectivity index (χ4v) is 3.71. The summed E-state index contributed by atoms with van der Waals surface area (Å²) in [5.74, 6) is 0.679. The highest BCUT2D eigenvalue weighted by Gasteiger charge is 2.25. The van der Waals surface area contributed by atoms with Crippen molar-refractivity contribution in [2.45, 2.75) is 76.8 Å². The van der Waals surface area contributed by atoms with E-state index in [0.29, 0.717) is 17.1 Å². The Balaban J connectivity index is 1.96. The van der Waals surface area contributed by atoms with Gasteiger partial charge in [-0.2, -0.15) is 0 Å². The van der Waals surface area contributed by atoms with Gasteiger partial charge in [-0.25, -0.2) is 9.97 Å². The summed E-state index contributed by atoms with van der Waals surface area (Å²) in [6.07, 6.45) is 4.82. The molecule has 1 aliphatic carbocycles. The lowest BCUT2D eigenvalue weighted by Gasteiger charge is -2.30. The van der Waals surface area contributed by atoms with Gasteiger partial charge in [-0.05, 0) is 52.0 Å². The number of hydrogen-bond acceptors (Lipinski definition) is 4. The molecule has 0 saturated heterocycles. The standard InChI is InChI=1S/C17H27N3OS/c1-10-8-6-7-9-15(10)20-16(21)14(5)22-17-18-12(3)11(2)13(4)19-17/h10,14-15H,6-9H2,1-5H3,(H,20,21)/t10-,14+,15+/m0/s1. The van der Waals surface area contributed by atoms with Gasteiger partial charge >= 0.3 is 0 Å². The average Bonchev–Trinajstić information content (AvgIpc) is 2.47. The molecule has 1 heterocycles. The van der Waals surface area contributed by atoms with Crippen LogP contribution in [0.3, 0.4) is 0 Å². The van der Waals surface area contributed by atoms with Gasteiger partial charge in [-0.15, -0.1) is 0 Å². The predicted molar refractivity (Wildman–Crippen MR) is 91.1 cm³/mol. The van der Waals surface area contributed by atoms with E-state index >= 15 is 0 Å². The highest BCUT2D eigenvalue weighted by atomic mass is 32.2. The van der Waals surface area contributed by atoms with Crippen LogP contribution in [0.25, 0.3) is 0 Å². The first-order valence-electron chi connectivity index (χ1n) is 8.17. The largest absolute Gasteiger partial charge is 0.352 e. The van der Waals surface area contributed by atoms with E-state index in [-0.39, 0.29) is 11.2 Å². The van der Waals surface area contributed by atoms with Crippen LogP contribution in [0.2, 0.25) is 0 Å². The van der Waals surface area contributed by atoms with Crippen LogP contribution < -0.4 is 5.32 Å². The smallest absolute Gasteiger partial charge is 0.233 e. The van der Waals surface area contributed by atoms with E-state index in [2.05, 4.69) is 22.2 Å². The van der Waals surface area contributed by atoms with Crippen LogP contribution in [0.15, 0.2) is 5.16 Å². The lowest BCUT2D eigenvalue weighted by Crippen LogP contribution is -2.44. The van der Waals surface area contributed by atoms with Crippen molar-refractivity contribution in [2.24, 2.45) is 5.92 Å². The molecule has 1 aliphatic rings. The molecule has 0 radical (unpaired) electrons. The molecule has 0 aliphatic heterocycles. The van der Waals surface area contributed by atoms with E-state index in [9.17, 15) is 4.79 Å². The SMILES string of the molecule is Cc1nc(S[C@H](C)C(=O)N[C@@H]2CCCC[C@@H]2C)nc(C)c1C. The summed E-state index contributed by atoms with van der Waals surface area (Å²) in [7, 11) is 0. The number of thioether (sulfide) groups is 1. The van der Waals surface area contributed by atoms with Gasteiger partial charge in [0, 0.05) is 17.4 Å². The van der Waals surface area contributed by atoms with Crippen molar-refractivity contribution in [3.05, 3.63) is 17.0 Å². The second-order valence-electron chi connectivity index (χ2n) is 6.44. The summed E-state index contributed by atoms with van der Waals surface area (Å²) in [5, 5.41) is 3.74. The van der Waals surface area contributed by atoms with Crippen molar-refractivity contribution >= 4 is 17.7 Å². The third-order valence-electron chi connectivity index (χ3n) is 4.70. The number of carbonyl (C=O) groups excluding carboxylic acids is 1. The molecule has 2 rings (SSSR count). The van der Waals surface area contributed by atoms with Gasteiger partial charge in [0.15, 0.2) is 5.16 Å². The minimum Gasteiger partial charge on any atom is -0.352 e. The first-order chi connectivity index (χ1) is 10.4. The molecule has 0 unspecified atom stereocenters. The number of carbonyl (C=O) groups is 1. The lowest BCUT2D eigenvalue weighted by molar-refractivity contribution is -0.121. The van der Waals surface area contributed by atoms with E-state index in [0.717, 1.165) is 23.4 Å². The molecule has 1 amide bonds. The minimum atomic E-state index is -0.171. The minimum absolute atomic E-state index is 0.100. The molecule has 22 heavy (non-hydrogen) atoms. The molecule has 0 aromatic carbocycles. The van der Waals surface area contributed by atoms with E-state index < -0.39 is 0 Å². The predicted octanol–water partition coefficient (Wildman–Crippen LogP) is 3.58. The highest BCUT2D eigenvalue weighted by molar-refractivity contribution is 8.00. The van der Waals surface area contributed by atoms with Crippen molar-refractivity contribution in [1.82, 2.24) is 15.3 Å². The normalized spacial score (nSPS) is 23.1. The Kier molecular flexibility index (Phi) is 5.84. The van der Waals surface area contributed by atoms with Crippen molar-refractivity contribution in [2.75, 3.05) is 0 Å². The molecule has 1 aromatic heterocycles. The van der Waals surface area contributed by atoms with Gasteiger partial charge in [-0.1, -0.05) is 31.5 Å². The van der Waals surface area contributed by atoms with Crippen molar-refractivity contribution < 1.29 is 4.79 Å². The van der Waals surface area contributed by atoms with Crippen LogP contribution in [-0.4, -0.2) is 27.2 Å². The number of hydrogen-bond donors (Lipinski definition) is 1. The molecule has 0 spiro atoms. The van der Waals surface area contributed by atoms with E-state index in [4.69, 9.17) is 0 Å². The van der Waals surface area contributed by atoms with Crippen LogP contribution in [0.1, 0.15) is 56.5 Å². The fraction of sp³-hybridized carbons (Fsp3) is 0.706. The summed E-state index contributed by atoms with van der Waals surface area (Å²) in [6, 6.07) is 0.326. The Hall–Kier alpha value is -1.10. The Morgan fingerprint density at radius 2 is 1.77 bits per heavy atom. The number of nitrogens with one attached hydrogen (secondary N) is 1. The van der Waals surface area contributed by atoms with Gasteiger partial charge in [0.1, 0.15) is 0 Å². The number of nitrogens with zero attached hydrogens (tertiary/aromatic N) is 2. The first kappa shape index (κ1) is 17.3. The van der Waals surface area contributed by atoms with Gasteiger partial charge < -0.3 is 5.32 Å². The van der Waals surface area contributed by atoms with Crippen LogP contribution in [0, 0.1) is 26.7 Å². The zero-order valence-corrected chi connectivity index (χ0v) is 15.1. The average molecular weight is 321 g/mol. The fourth-order valence-electron chi connectivity index (χ4n) is 2.84. The summed E-state index contributed by atoms with van der Waals surface area (Å²) in [5.41, 5.74) is 3.10. The van der Waals surface area contributed by atoms with Crippen molar-refractivity contribution in [3.63, 3.8) is 0 Å². The number of aryl methyl sites for hydroxylation is 2. The summed E-state index contributed by atoms with van der Waals surface area (Å²) in [4.78, 5) is 21.4. The van der Waals surface area contributed by atoms with Gasteiger partial charge in [0.25, 0.3) is 0 Å². The maximum absolute atomic E-state index is 12.4. The molecule has 122 valence electrons. The summed E-state index contributed by atoms with van der Waals surface area (Å²) >= 11 is 1.44. The summed E-state index contributed by atoms with van der Waals surface area (Å²) in [6.45, 7) is 10.2. The number of aromatic nitrogens is 2. The second kappa shape index (κ2) is 7.44. The highest BCUT2D eigenvalue weighted by Crippen LogP contribution is 2.26. The zero-order valence-electron chi connectivity index (χ0n) is 14.3. The molecule has 5 heteroatoms. The molecular weight excluding hydrogens is 294 g/mol. The molecule has 1 fully saturated rings. The molecule has 3 atom stereocenters. The second-order valence-corrected chi connectivity index (χ2v) is 7.75. The van der Waals surface area contributed by atoms with E-state index in [1.807, 2.05) is 27.7 Å². The third-order valence-corrected chi connectivity index (χ3v) is 5.66. The maximum atomic E-state index is 12.4. The monoisotopic (exact) mass is 321 g/mol. The zero-order chi connectivity index (χ0) is 16.3. The maximum Gasteiger partial charge on any atom is 0.233 e. The molecule has 4 nitrogen and oxygen atoms in total. The first-order valence-corrected chi connectivity index (χ1v) is 9.05. The van der Waals surface area contributed by atoms with Crippen LogP contribution in [-0.2, 0) is 4.79 Å². The Morgan fingerprint density at radius 3 is 2.36 bits per heavy atom. The quantitative estimate of drug-likeness (QED) is 0.680. The van der Waals surface area contributed by atoms with Gasteiger partial charge in [0.05, 0.1) is 5.25 Å². The molecule has 1 saturated carbocycles. The van der Waals surface area contributed by atoms with Crippen LogP contribution in [0.4, 0.5) is 0 Å². The molecule has 1 aromatic rings. The number of amides is 1. The van der Waals surface area contributed by atoms with Gasteiger partial charge in [0.2, 0.25) is 5.91 Å².